The number of hydrogen-bond acceptors (Lipinski definition) is 6. The Morgan fingerprint density at radius 2 is 1.92 bits per heavy atom. The second-order valence-corrected chi connectivity index (χ2v) is 5.80. The Labute approximate surface area is 141 Å². The first-order valence-electron chi connectivity index (χ1n) is 8.25. The van der Waals surface area contributed by atoms with Crippen LogP contribution >= 0.6 is 0 Å². The molecule has 0 bridgehead atoms. The van der Waals surface area contributed by atoms with Crippen molar-refractivity contribution in [3.05, 3.63) is 41.9 Å². The van der Waals surface area contributed by atoms with E-state index in [2.05, 4.69) is 30.5 Å². The first-order valence-corrected chi connectivity index (χ1v) is 8.25. The van der Waals surface area contributed by atoms with Gasteiger partial charge in [-0.2, -0.15) is 4.98 Å². The smallest absolute Gasteiger partial charge is 0.251 e. The van der Waals surface area contributed by atoms with E-state index in [9.17, 15) is 4.79 Å². The highest BCUT2D eigenvalue weighted by Gasteiger charge is 2.15. The zero-order chi connectivity index (χ0) is 16.8. The third-order valence-electron chi connectivity index (χ3n) is 3.91. The fourth-order valence-electron chi connectivity index (χ4n) is 2.69. The van der Waals surface area contributed by atoms with Crippen molar-refractivity contribution in [1.29, 1.82) is 0 Å². The lowest BCUT2D eigenvalue weighted by molar-refractivity contribution is 0.0955. The number of nitrogens with one attached hydrogen (secondary N) is 2. The SMILES string of the molecule is Cc1cc(N2CCCC2)nc(NCCNC(=O)c2ccncc2)n1. The van der Waals surface area contributed by atoms with Crippen molar-refractivity contribution in [2.24, 2.45) is 0 Å². The van der Waals surface area contributed by atoms with Crippen LogP contribution in [0.1, 0.15) is 28.9 Å². The minimum Gasteiger partial charge on any atom is -0.356 e. The van der Waals surface area contributed by atoms with Crippen molar-refractivity contribution >= 4 is 17.7 Å². The molecule has 7 heteroatoms. The van der Waals surface area contributed by atoms with E-state index in [-0.39, 0.29) is 5.91 Å². The number of aryl methyl sites for hydroxylation is 1. The summed E-state index contributed by atoms with van der Waals surface area (Å²) in [7, 11) is 0. The molecule has 0 aromatic carbocycles. The first kappa shape index (κ1) is 16.2. The monoisotopic (exact) mass is 326 g/mol. The predicted molar refractivity (Wildman–Crippen MR) is 93.3 cm³/mol. The molecular formula is C17H22N6O. The second kappa shape index (κ2) is 7.72. The van der Waals surface area contributed by atoms with Crippen LogP contribution < -0.4 is 15.5 Å². The quantitative estimate of drug-likeness (QED) is 0.785. The van der Waals surface area contributed by atoms with E-state index >= 15 is 0 Å². The van der Waals surface area contributed by atoms with Gasteiger partial charge in [0.25, 0.3) is 5.91 Å². The van der Waals surface area contributed by atoms with Crippen molar-refractivity contribution in [1.82, 2.24) is 20.3 Å². The van der Waals surface area contributed by atoms with Gasteiger partial charge in [-0.25, -0.2) is 4.98 Å². The van der Waals surface area contributed by atoms with Gasteiger partial charge in [0.1, 0.15) is 5.82 Å². The standard InChI is InChI=1S/C17H22N6O/c1-13-12-15(23-10-2-3-11-23)22-17(21-13)20-9-8-19-16(24)14-4-6-18-7-5-14/h4-7,12H,2-3,8-11H2,1H3,(H,19,24)(H,20,21,22). The van der Waals surface area contributed by atoms with E-state index in [1.165, 1.54) is 12.8 Å². The van der Waals surface area contributed by atoms with Gasteiger partial charge in [-0.15, -0.1) is 0 Å². The van der Waals surface area contributed by atoms with Crippen LogP contribution in [0.4, 0.5) is 11.8 Å². The number of pyridine rings is 1. The van der Waals surface area contributed by atoms with Gasteiger partial charge in [0, 0.05) is 55.9 Å². The van der Waals surface area contributed by atoms with Crippen LogP contribution in [0.3, 0.4) is 0 Å². The van der Waals surface area contributed by atoms with Crippen LogP contribution in [0, 0.1) is 6.92 Å². The number of amides is 1. The molecule has 0 unspecified atom stereocenters. The largest absolute Gasteiger partial charge is 0.356 e. The maximum Gasteiger partial charge on any atom is 0.251 e. The van der Waals surface area contributed by atoms with E-state index in [0.29, 0.717) is 24.6 Å². The molecular weight excluding hydrogens is 304 g/mol. The van der Waals surface area contributed by atoms with Gasteiger partial charge >= 0.3 is 0 Å². The summed E-state index contributed by atoms with van der Waals surface area (Å²) < 4.78 is 0. The molecule has 1 aliphatic rings. The van der Waals surface area contributed by atoms with Crippen LogP contribution in [-0.4, -0.2) is 47.0 Å². The van der Waals surface area contributed by atoms with E-state index in [4.69, 9.17) is 0 Å². The number of carbonyl (C=O) groups excluding carboxylic acids is 1. The Hall–Kier alpha value is -2.70. The second-order valence-electron chi connectivity index (χ2n) is 5.80. The summed E-state index contributed by atoms with van der Waals surface area (Å²) in [5.74, 6) is 1.47. The van der Waals surface area contributed by atoms with Crippen LogP contribution in [0.15, 0.2) is 30.6 Å². The highest BCUT2D eigenvalue weighted by molar-refractivity contribution is 5.93. The molecule has 2 N–H and O–H groups in total. The Kier molecular flexibility index (Phi) is 5.20. The molecule has 2 aromatic heterocycles. The summed E-state index contributed by atoms with van der Waals surface area (Å²) in [6.07, 6.45) is 5.64. The molecule has 0 aliphatic carbocycles. The van der Waals surface area contributed by atoms with Crippen LogP contribution in [0.5, 0.6) is 0 Å². The molecule has 24 heavy (non-hydrogen) atoms. The molecule has 1 fully saturated rings. The zero-order valence-electron chi connectivity index (χ0n) is 13.8. The molecule has 0 atom stereocenters. The summed E-state index contributed by atoms with van der Waals surface area (Å²) >= 11 is 0. The first-order chi connectivity index (χ1) is 11.7. The molecule has 3 rings (SSSR count). The molecule has 1 saturated heterocycles. The molecule has 0 spiro atoms. The van der Waals surface area contributed by atoms with E-state index < -0.39 is 0 Å². The number of nitrogens with zero attached hydrogens (tertiary/aromatic N) is 4. The molecule has 1 amide bonds. The molecule has 2 aromatic rings. The molecule has 126 valence electrons. The van der Waals surface area contributed by atoms with Crippen LogP contribution in [0.25, 0.3) is 0 Å². The average molecular weight is 326 g/mol. The van der Waals surface area contributed by atoms with Crippen molar-refractivity contribution in [2.75, 3.05) is 36.4 Å². The highest BCUT2D eigenvalue weighted by atomic mass is 16.1. The highest BCUT2D eigenvalue weighted by Crippen LogP contribution is 2.19. The predicted octanol–water partition coefficient (Wildman–Crippen LogP) is 1.62. The van der Waals surface area contributed by atoms with E-state index in [1.54, 1.807) is 24.5 Å². The third kappa shape index (κ3) is 4.18. The van der Waals surface area contributed by atoms with Crippen LogP contribution in [0.2, 0.25) is 0 Å². The number of rotatable bonds is 6. The van der Waals surface area contributed by atoms with Gasteiger partial charge in [-0.05, 0) is 31.9 Å². The minimum absolute atomic E-state index is 0.109. The Morgan fingerprint density at radius 1 is 1.17 bits per heavy atom. The van der Waals surface area contributed by atoms with Gasteiger partial charge in [0.05, 0.1) is 0 Å². The Bertz CT molecular complexity index is 685. The van der Waals surface area contributed by atoms with Crippen molar-refractivity contribution in [3.8, 4) is 0 Å². The topological polar surface area (TPSA) is 83.0 Å². The zero-order valence-corrected chi connectivity index (χ0v) is 13.8. The fourth-order valence-corrected chi connectivity index (χ4v) is 2.69. The average Bonchev–Trinajstić information content (AvgIpc) is 3.13. The van der Waals surface area contributed by atoms with Gasteiger partial charge in [0.2, 0.25) is 5.95 Å². The number of hydrogen-bond donors (Lipinski definition) is 2. The summed E-state index contributed by atoms with van der Waals surface area (Å²) in [5, 5.41) is 6.04. The van der Waals surface area contributed by atoms with Crippen LogP contribution in [-0.2, 0) is 0 Å². The lowest BCUT2D eigenvalue weighted by Gasteiger charge is -2.17. The Balaban J connectivity index is 1.50. The summed E-state index contributed by atoms with van der Waals surface area (Å²) in [4.78, 5) is 27.1. The maximum atomic E-state index is 11.9. The van der Waals surface area contributed by atoms with E-state index in [1.807, 2.05) is 13.0 Å². The Morgan fingerprint density at radius 3 is 2.67 bits per heavy atom. The number of aromatic nitrogens is 3. The van der Waals surface area contributed by atoms with Crippen molar-refractivity contribution in [2.45, 2.75) is 19.8 Å². The molecule has 1 aliphatic heterocycles. The number of carbonyl (C=O) groups is 1. The lowest BCUT2D eigenvalue weighted by atomic mass is 10.2. The molecule has 7 nitrogen and oxygen atoms in total. The minimum atomic E-state index is -0.109. The summed E-state index contributed by atoms with van der Waals surface area (Å²) in [6.45, 7) is 5.14. The van der Waals surface area contributed by atoms with E-state index in [0.717, 1.165) is 24.6 Å². The van der Waals surface area contributed by atoms with Gasteiger partial charge in [0.15, 0.2) is 0 Å². The summed E-state index contributed by atoms with van der Waals surface area (Å²) in [5.41, 5.74) is 1.54. The normalized spacial score (nSPS) is 13.8. The summed E-state index contributed by atoms with van der Waals surface area (Å²) in [6, 6.07) is 5.39. The van der Waals surface area contributed by atoms with Gasteiger partial charge in [-0.3, -0.25) is 9.78 Å². The molecule has 0 saturated carbocycles. The van der Waals surface area contributed by atoms with Crippen molar-refractivity contribution < 1.29 is 4.79 Å². The maximum absolute atomic E-state index is 11.9. The molecule has 3 heterocycles. The fraction of sp³-hybridized carbons (Fsp3) is 0.412. The third-order valence-corrected chi connectivity index (χ3v) is 3.91. The van der Waals surface area contributed by atoms with Gasteiger partial charge < -0.3 is 15.5 Å². The van der Waals surface area contributed by atoms with Crippen molar-refractivity contribution in [3.63, 3.8) is 0 Å². The number of anilines is 2. The molecule has 0 radical (unpaired) electrons. The van der Waals surface area contributed by atoms with Gasteiger partial charge in [-0.1, -0.05) is 0 Å². The lowest BCUT2D eigenvalue weighted by Crippen LogP contribution is -2.29.